The quantitative estimate of drug-likeness (QED) is 0.722. The highest BCUT2D eigenvalue weighted by Gasteiger charge is 2.30. The number of hydrogen-bond acceptors (Lipinski definition) is 4. The minimum atomic E-state index is -3.62. The molecule has 0 radical (unpaired) electrons. The number of nitrogens with zero attached hydrogens (tertiary/aromatic N) is 2. The van der Waals surface area contributed by atoms with Crippen molar-refractivity contribution < 1.29 is 17.9 Å². The van der Waals surface area contributed by atoms with Crippen molar-refractivity contribution in [3.8, 4) is 5.75 Å². The number of carbonyl (C=O) groups is 1. The lowest BCUT2D eigenvalue weighted by Crippen LogP contribution is -2.39. The van der Waals surface area contributed by atoms with Gasteiger partial charge in [0.1, 0.15) is 5.75 Å². The smallest absolute Gasteiger partial charge is 0.257 e. The molecule has 29 heavy (non-hydrogen) atoms. The third kappa shape index (κ3) is 4.94. The van der Waals surface area contributed by atoms with Crippen LogP contribution in [0.15, 0.2) is 23.1 Å². The van der Waals surface area contributed by atoms with Gasteiger partial charge in [-0.1, -0.05) is 19.8 Å². The summed E-state index contributed by atoms with van der Waals surface area (Å²) < 4.78 is 33.3. The van der Waals surface area contributed by atoms with Crippen molar-refractivity contribution in [3.05, 3.63) is 23.8 Å². The highest BCUT2D eigenvalue weighted by molar-refractivity contribution is 7.89. The van der Waals surface area contributed by atoms with Crippen LogP contribution >= 0.6 is 0 Å². The summed E-state index contributed by atoms with van der Waals surface area (Å²) in [5.74, 6) is 0.946. The van der Waals surface area contributed by atoms with Crippen LogP contribution in [0.1, 0.15) is 68.6 Å². The van der Waals surface area contributed by atoms with Crippen molar-refractivity contribution in [2.75, 3.05) is 27.2 Å². The van der Waals surface area contributed by atoms with E-state index >= 15 is 0 Å². The van der Waals surface area contributed by atoms with Crippen LogP contribution in [0.25, 0.3) is 0 Å². The van der Waals surface area contributed by atoms with Gasteiger partial charge in [0.05, 0.1) is 17.6 Å². The minimum absolute atomic E-state index is 0.172. The van der Waals surface area contributed by atoms with E-state index in [9.17, 15) is 13.2 Å². The van der Waals surface area contributed by atoms with E-state index in [1.54, 1.807) is 21.3 Å². The van der Waals surface area contributed by atoms with Gasteiger partial charge in [-0.15, -0.1) is 0 Å². The van der Waals surface area contributed by atoms with E-state index < -0.39 is 10.0 Å². The summed E-state index contributed by atoms with van der Waals surface area (Å²) in [7, 11) is -0.288. The van der Waals surface area contributed by atoms with Crippen molar-refractivity contribution in [1.29, 1.82) is 0 Å². The van der Waals surface area contributed by atoms with Gasteiger partial charge >= 0.3 is 0 Å². The number of ether oxygens (including phenoxy) is 1. The van der Waals surface area contributed by atoms with Gasteiger partial charge in [-0.2, -0.15) is 4.31 Å². The van der Waals surface area contributed by atoms with E-state index in [-0.39, 0.29) is 16.8 Å². The van der Waals surface area contributed by atoms with E-state index in [0.717, 1.165) is 51.4 Å². The minimum Gasteiger partial charge on any atom is -0.496 e. The average Bonchev–Trinajstić information content (AvgIpc) is 3.03. The molecule has 1 amide bonds. The van der Waals surface area contributed by atoms with E-state index in [1.165, 1.54) is 13.2 Å². The third-order valence-corrected chi connectivity index (χ3v) is 8.35. The molecule has 6 nitrogen and oxygen atoms in total. The van der Waals surface area contributed by atoms with Gasteiger partial charge in [-0.3, -0.25) is 4.79 Å². The lowest BCUT2D eigenvalue weighted by atomic mass is 9.86. The van der Waals surface area contributed by atoms with Crippen LogP contribution in [0, 0.1) is 5.92 Å². The normalized spacial score (nSPS) is 24.0. The van der Waals surface area contributed by atoms with Gasteiger partial charge in [0, 0.05) is 26.2 Å². The molecule has 2 fully saturated rings. The van der Waals surface area contributed by atoms with Crippen molar-refractivity contribution in [3.63, 3.8) is 0 Å². The number of benzene rings is 1. The first-order valence-corrected chi connectivity index (χ1v) is 12.2. The Morgan fingerprint density at radius 1 is 1.07 bits per heavy atom. The number of amides is 1. The van der Waals surface area contributed by atoms with Gasteiger partial charge in [0.2, 0.25) is 10.0 Å². The fourth-order valence-corrected chi connectivity index (χ4v) is 5.98. The maximum Gasteiger partial charge on any atom is 0.257 e. The predicted octanol–water partition coefficient (Wildman–Crippen LogP) is 3.91. The first-order valence-electron chi connectivity index (χ1n) is 10.8. The lowest BCUT2D eigenvalue weighted by Gasteiger charge is -2.34. The molecule has 0 aromatic heterocycles. The molecule has 1 saturated carbocycles. The van der Waals surface area contributed by atoms with Crippen molar-refractivity contribution >= 4 is 15.9 Å². The topological polar surface area (TPSA) is 66.9 Å². The number of methoxy groups -OCH3 is 1. The zero-order valence-electron chi connectivity index (χ0n) is 17.9. The standard InChI is InChI=1S/C22H34N2O4S/c1-17-8-10-18(11-9-17)23(2)22(25)20-16-19(12-13-21(20)28-3)29(26,27)24-14-6-4-5-7-15-24/h12-13,16-18H,4-11,14-15H2,1-3H3. The Morgan fingerprint density at radius 2 is 1.69 bits per heavy atom. The molecular weight excluding hydrogens is 388 g/mol. The van der Waals surface area contributed by atoms with Crippen LogP contribution in [-0.4, -0.2) is 56.8 Å². The molecule has 0 N–H and O–H groups in total. The van der Waals surface area contributed by atoms with Crippen LogP contribution in [0.4, 0.5) is 0 Å². The molecule has 1 aliphatic heterocycles. The summed E-state index contributed by atoms with van der Waals surface area (Å²) in [6.45, 7) is 3.33. The molecule has 162 valence electrons. The summed E-state index contributed by atoms with van der Waals surface area (Å²) in [6, 6.07) is 4.85. The van der Waals surface area contributed by atoms with Gasteiger partial charge in [-0.05, 0) is 62.6 Å². The second-order valence-electron chi connectivity index (χ2n) is 8.51. The fraction of sp³-hybridized carbons (Fsp3) is 0.682. The second kappa shape index (κ2) is 9.47. The summed E-state index contributed by atoms with van der Waals surface area (Å²) in [4.78, 5) is 15.2. The van der Waals surface area contributed by atoms with Crippen molar-refractivity contribution in [2.24, 2.45) is 5.92 Å². The Morgan fingerprint density at radius 3 is 2.28 bits per heavy atom. The summed E-state index contributed by atoms with van der Waals surface area (Å²) >= 11 is 0. The number of hydrogen-bond donors (Lipinski definition) is 0. The number of carbonyl (C=O) groups excluding carboxylic acids is 1. The van der Waals surface area contributed by atoms with Gasteiger partial charge in [0.25, 0.3) is 5.91 Å². The summed E-state index contributed by atoms with van der Waals surface area (Å²) in [5, 5.41) is 0. The Labute approximate surface area is 175 Å². The van der Waals surface area contributed by atoms with Crippen LogP contribution in [0.3, 0.4) is 0 Å². The zero-order chi connectivity index (χ0) is 21.0. The molecule has 0 atom stereocenters. The monoisotopic (exact) mass is 422 g/mol. The molecule has 0 spiro atoms. The second-order valence-corrected chi connectivity index (χ2v) is 10.4. The lowest BCUT2D eigenvalue weighted by molar-refractivity contribution is 0.0676. The van der Waals surface area contributed by atoms with Gasteiger partial charge < -0.3 is 9.64 Å². The van der Waals surface area contributed by atoms with E-state index in [2.05, 4.69) is 6.92 Å². The van der Waals surface area contributed by atoms with Gasteiger partial charge in [0.15, 0.2) is 0 Å². The molecule has 1 aromatic carbocycles. The summed E-state index contributed by atoms with van der Waals surface area (Å²) in [6.07, 6.45) is 8.07. The molecule has 7 heteroatoms. The molecule has 1 heterocycles. The number of rotatable bonds is 5. The summed E-state index contributed by atoms with van der Waals surface area (Å²) in [5.41, 5.74) is 0.324. The predicted molar refractivity (Wildman–Crippen MR) is 114 cm³/mol. The zero-order valence-corrected chi connectivity index (χ0v) is 18.7. The van der Waals surface area contributed by atoms with Crippen LogP contribution in [0.2, 0.25) is 0 Å². The maximum absolute atomic E-state index is 13.3. The Bertz CT molecular complexity index is 808. The number of sulfonamides is 1. The Kier molecular flexibility index (Phi) is 7.22. The molecule has 1 aliphatic carbocycles. The molecular formula is C22H34N2O4S. The SMILES string of the molecule is COc1ccc(S(=O)(=O)N2CCCCCC2)cc1C(=O)N(C)C1CCC(C)CC1. The van der Waals surface area contributed by atoms with Crippen molar-refractivity contribution in [2.45, 2.75) is 69.2 Å². The van der Waals surface area contributed by atoms with E-state index in [1.807, 2.05) is 7.05 Å². The van der Waals surface area contributed by atoms with Crippen LogP contribution in [-0.2, 0) is 10.0 Å². The molecule has 0 unspecified atom stereocenters. The van der Waals surface area contributed by atoms with Crippen molar-refractivity contribution in [1.82, 2.24) is 9.21 Å². The fourth-order valence-electron chi connectivity index (χ4n) is 4.43. The maximum atomic E-state index is 13.3. The average molecular weight is 423 g/mol. The van der Waals surface area contributed by atoms with Crippen LogP contribution in [0.5, 0.6) is 5.75 Å². The Hall–Kier alpha value is -1.60. The first kappa shape index (κ1) is 22.1. The third-order valence-electron chi connectivity index (χ3n) is 6.46. The molecule has 1 saturated heterocycles. The molecule has 0 bridgehead atoms. The largest absolute Gasteiger partial charge is 0.496 e. The molecule has 3 rings (SSSR count). The highest BCUT2D eigenvalue weighted by Crippen LogP contribution is 2.30. The van der Waals surface area contributed by atoms with Gasteiger partial charge in [-0.25, -0.2) is 8.42 Å². The van der Waals surface area contributed by atoms with E-state index in [4.69, 9.17) is 4.74 Å². The first-order chi connectivity index (χ1) is 13.8. The molecule has 1 aromatic rings. The van der Waals surface area contributed by atoms with Crippen LogP contribution < -0.4 is 4.74 Å². The molecule has 2 aliphatic rings. The highest BCUT2D eigenvalue weighted by atomic mass is 32.2. The van der Waals surface area contributed by atoms with E-state index in [0.29, 0.717) is 30.3 Å². The Balaban J connectivity index is 1.87.